The minimum atomic E-state index is -1.65. The summed E-state index contributed by atoms with van der Waals surface area (Å²) < 4.78 is 4.57. The first-order valence-corrected chi connectivity index (χ1v) is 4.22. The molecule has 0 heterocycles. The van der Waals surface area contributed by atoms with Crippen molar-refractivity contribution in [1.29, 1.82) is 0 Å². The number of aliphatic hydroxyl groups excluding tert-OH is 1. The fraction of sp³-hybridized carbons (Fsp3) is 1.00. The van der Waals surface area contributed by atoms with Gasteiger partial charge < -0.3 is 14.9 Å². The Morgan fingerprint density at radius 3 is 2.22 bits per heavy atom. The Balaban J connectivity index is 2.91. The number of alkyl halides is 2. The molecule has 9 heavy (non-hydrogen) atoms. The molecule has 0 aliphatic carbocycles. The zero-order chi connectivity index (χ0) is 7.28. The van der Waals surface area contributed by atoms with Crippen LogP contribution < -0.4 is 0 Å². The van der Waals surface area contributed by atoms with E-state index in [1.54, 1.807) is 0 Å². The molecule has 0 fully saturated rings. The summed E-state index contributed by atoms with van der Waals surface area (Å²) in [5.74, 6) is 0. The van der Waals surface area contributed by atoms with Crippen LogP contribution in [0.15, 0.2) is 0 Å². The Bertz CT molecular complexity index is 58.8. The second-order valence-electron chi connectivity index (χ2n) is 1.38. The Kier molecular flexibility index (Phi) is 6.14. The van der Waals surface area contributed by atoms with E-state index in [2.05, 4.69) is 36.6 Å². The van der Waals surface area contributed by atoms with Gasteiger partial charge in [0.15, 0.2) is 0 Å². The Morgan fingerprint density at radius 2 is 1.89 bits per heavy atom. The molecule has 2 N–H and O–H groups in total. The summed E-state index contributed by atoms with van der Waals surface area (Å²) in [4.78, 5) is 0. The molecule has 3 nitrogen and oxygen atoms in total. The zero-order valence-electron chi connectivity index (χ0n) is 4.63. The maximum atomic E-state index is 8.17. The van der Waals surface area contributed by atoms with Crippen LogP contribution in [-0.4, -0.2) is 27.0 Å². The van der Waals surface area contributed by atoms with Gasteiger partial charge in [0.25, 0.3) is 6.48 Å². The lowest BCUT2D eigenvalue weighted by Crippen LogP contribution is -2.11. The molecular formula is C4H8Br2O3. The van der Waals surface area contributed by atoms with E-state index in [-0.39, 0.29) is 3.74 Å². The Labute approximate surface area is 70.3 Å². The van der Waals surface area contributed by atoms with Crippen molar-refractivity contribution in [3.8, 4) is 0 Å². The lowest BCUT2D eigenvalue weighted by Gasteiger charge is -2.04. The van der Waals surface area contributed by atoms with E-state index in [9.17, 15) is 0 Å². The van der Waals surface area contributed by atoms with Gasteiger partial charge in [-0.2, -0.15) is 0 Å². The van der Waals surface area contributed by atoms with Gasteiger partial charge in [-0.15, -0.1) is 0 Å². The number of rotatable bonds is 4. The van der Waals surface area contributed by atoms with Crippen LogP contribution >= 0.6 is 31.9 Å². The normalized spacial score (nSPS) is 11.3. The fourth-order valence-corrected chi connectivity index (χ4v) is 0.636. The summed E-state index contributed by atoms with van der Waals surface area (Å²) in [5, 5.41) is 16.3. The minimum absolute atomic E-state index is 0.170. The summed E-state index contributed by atoms with van der Waals surface area (Å²) in [6, 6.07) is 0. The zero-order valence-corrected chi connectivity index (χ0v) is 7.80. The molecule has 0 aromatic heterocycles. The van der Waals surface area contributed by atoms with E-state index in [1.165, 1.54) is 0 Å². The maximum Gasteiger partial charge on any atom is 0.266 e. The molecule has 0 rings (SSSR count). The first-order valence-electron chi connectivity index (χ1n) is 2.39. The van der Waals surface area contributed by atoms with Gasteiger partial charge in [-0.1, -0.05) is 31.9 Å². The largest absolute Gasteiger partial charge is 0.346 e. The molecule has 0 aromatic rings. The van der Waals surface area contributed by atoms with Gasteiger partial charge in [0.05, 0.1) is 10.3 Å². The van der Waals surface area contributed by atoms with Crippen LogP contribution in [0.25, 0.3) is 0 Å². The molecule has 0 bridgehead atoms. The van der Waals surface area contributed by atoms with Crippen molar-refractivity contribution in [2.24, 2.45) is 0 Å². The summed E-state index contributed by atoms with van der Waals surface area (Å²) in [6.07, 6.45) is 0.692. The molecule has 0 unspecified atom stereocenters. The second kappa shape index (κ2) is 5.61. The second-order valence-corrected chi connectivity index (χ2v) is 4.82. The third kappa shape index (κ3) is 8.84. The van der Waals surface area contributed by atoms with Crippen molar-refractivity contribution in [3.63, 3.8) is 0 Å². The van der Waals surface area contributed by atoms with Crippen LogP contribution in [0.3, 0.4) is 0 Å². The van der Waals surface area contributed by atoms with Crippen molar-refractivity contribution in [2.45, 2.75) is 16.6 Å². The Hall–Kier alpha value is 0.840. The van der Waals surface area contributed by atoms with Crippen molar-refractivity contribution in [3.05, 3.63) is 0 Å². The lowest BCUT2D eigenvalue weighted by molar-refractivity contribution is -0.233. The molecule has 0 aromatic carbocycles. The van der Waals surface area contributed by atoms with E-state index >= 15 is 0 Å². The molecule has 0 atom stereocenters. The van der Waals surface area contributed by atoms with E-state index < -0.39 is 6.48 Å². The van der Waals surface area contributed by atoms with Gasteiger partial charge in [-0.3, -0.25) is 0 Å². The number of hydrogen-bond acceptors (Lipinski definition) is 3. The number of ether oxygens (including phenoxy) is 1. The highest BCUT2D eigenvalue weighted by Crippen LogP contribution is 2.11. The summed E-state index contributed by atoms with van der Waals surface area (Å²) in [5.41, 5.74) is 0. The molecule has 0 amide bonds. The number of hydrogen-bond donors (Lipinski definition) is 2. The van der Waals surface area contributed by atoms with Gasteiger partial charge in [-0.05, 0) is 6.42 Å². The SMILES string of the molecule is OC(O)OCCC(Br)Br. The van der Waals surface area contributed by atoms with Crippen molar-refractivity contribution < 1.29 is 14.9 Å². The Morgan fingerprint density at radius 1 is 1.33 bits per heavy atom. The highest BCUT2D eigenvalue weighted by molar-refractivity contribution is 9.24. The quantitative estimate of drug-likeness (QED) is 0.582. The van der Waals surface area contributed by atoms with E-state index in [4.69, 9.17) is 10.2 Å². The average Bonchev–Trinajstić information content (AvgIpc) is 1.63. The third-order valence-electron chi connectivity index (χ3n) is 0.603. The summed E-state index contributed by atoms with van der Waals surface area (Å²) >= 11 is 6.40. The standard InChI is InChI=1S/C4H8Br2O3/c5-3(6)1-2-9-4(7)8/h3-4,7-8H,1-2H2. The first-order chi connectivity index (χ1) is 4.13. The molecule has 0 spiro atoms. The molecule has 0 saturated heterocycles. The van der Waals surface area contributed by atoms with E-state index in [0.29, 0.717) is 13.0 Å². The summed E-state index contributed by atoms with van der Waals surface area (Å²) in [7, 11) is 0. The van der Waals surface area contributed by atoms with Crippen molar-refractivity contribution >= 4 is 31.9 Å². The highest BCUT2D eigenvalue weighted by Gasteiger charge is 1.99. The number of halogens is 2. The third-order valence-corrected chi connectivity index (χ3v) is 1.52. The van der Waals surface area contributed by atoms with Gasteiger partial charge in [0.1, 0.15) is 0 Å². The molecule has 0 aliphatic heterocycles. The predicted octanol–water partition coefficient (Wildman–Crippen LogP) is 0.777. The monoisotopic (exact) mass is 262 g/mol. The fourth-order valence-electron chi connectivity index (χ4n) is 0.263. The molecule has 56 valence electrons. The molecule has 5 heteroatoms. The smallest absolute Gasteiger partial charge is 0.266 e. The van der Waals surface area contributed by atoms with Gasteiger partial charge >= 0.3 is 0 Å². The van der Waals surface area contributed by atoms with Gasteiger partial charge in [0.2, 0.25) is 0 Å². The van der Waals surface area contributed by atoms with Crippen LogP contribution in [0.2, 0.25) is 0 Å². The van der Waals surface area contributed by atoms with Gasteiger partial charge in [-0.25, -0.2) is 0 Å². The minimum Gasteiger partial charge on any atom is -0.346 e. The molecular weight excluding hydrogens is 256 g/mol. The number of aliphatic hydroxyl groups is 2. The first kappa shape index (κ1) is 9.84. The predicted molar refractivity (Wildman–Crippen MR) is 40.4 cm³/mol. The van der Waals surface area contributed by atoms with Crippen LogP contribution in [0.4, 0.5) is 0 Å². The van der Waals surface area contributed by atoms with E-state index in [0.717, 1.165) is 0 Å². The topological polar surface area (TPSA) is 49.7 Å². The molecule has 0 aliphatic rings. The maximum absolute atomic E-state index is 8.17. The molecule has 0 saturated carbocycles. The highest BCUT2D eigenvalue weighted by atomic mass is 79.9. The van der Waals surface area contributed by atoms with Crippen molar-refractivity contribution in [2.75, 3.05) is 6.61 Å². The molecule has 0 radical (unpaired) electrons. The van der Waals surface area contributed by atoms with E-state index in [1.807, 2.05) is 0 Å². The van der Waals surface area contributed by atoms with Gasteiger partial charge in [0, 0.05) is 0 Å². The van der Waals surface area contributed by atoms with Crippen LogP contribution in [0.5, 0.6) is 0 Å². The summed E-state index contributed by atoms with van der Waals surface area (Å²) in [6.45, 7) is -1.33. The lowest BCUT2D eigenvalue weighted by atomic mass is 10.5. The van der Waals surface area contributed by atoms with Crippen molar-refractivity contribution in [1.82, 2.24) is 0 Å². The van der Waals surface area contributed by atoms with Crippen LogP contribution in [0.1, 0.15) is 6.42 Å². The van der Waals surface area contributed by atoms with Crippen LogP contribution in [-0.2, 0) is 4.74 Å². The average molecular weight is 264 g/mol. The van der Waals surface area contributed by atoms with Crippen LogP contribution in [0, 0.1) is 0 Å².